The van der Waals surface area contributed by atoms with Crippen molar-refractivity contribution < 1.29 is 8.42 Å². The summed E-state index contributed by atoms with van der Waals surface area (Å²) in [5.41, 5.74) is 5.13. The van der Waals surface area contributed by atoms with Crippen LogP contribution in [-0.4, -0.2) is 61.5 Å². The maximum atomic E-state index is 11.4. The van der Waals surface area contributed by atoms with Crippen LogP contribution in [0.2, 0.25) is 0 Å². The Morgan fingerprint density at radius 1 is 0.848 bits per heavy atom. The van der Waals surface area contributed by atoms with Gasteiger partial charge in [0.2, 0.25) is 27.9 Å². The molecule has 2 aromatic rings. The summed E-state index contributed by atoms with van der Waals surface area (Å²) >= 11 is 0. The molecule has 1 aromatic heterocycles. The molecule has 33 heavy (non-hydrogen) atoms. The van der Waals surface area contributed by atoms with E-state index in [2.05, 4.69) is 35.0 Å². The third kappa shape index (κ3) is 6.53. The Morgan fingerprint density at radius 3 is 1.85 bits per heavy atom. The minimum atomic E-state index is -3.31. The van der Waals surface area contributed by atoms with Crippen molar-refractivity contribution in [1.82, 2.24) is 15.0 Å². The second kappa shape index (κ2) is 10.3. The van der Waals surface area contributed by atoms with Crippen molar-refractivity contribution in [2.75, 3.05) is 52.4 Å². The normalized spacial score (nSPS) is 17.7. The monoisotopic (exact) mass is 472 g/mol. The quantitative estimate of drug-likeness (QED) is 0.467. The van der Waals surface area contributed by atoms with E-state index in [1.165, 1.54) is 12.8 Å². The number of aromatic nitrogens is 3. The minimum absolute atomic E-state index is 0.431. The molecule has 2 saturated heterocycles. The molecule has 0 spiro atoms. The molecule has 2 aliphatic heterocycles. The van der Waals surface area contributed by atoms with E-state index in [4.69, 9.17) is 4.98 Å². The fourth-order valence-corrected chi connectivity index (χ4v) is 4.63. The summed E-state index contributed by atoms with van der Waals surface area (Å²) in [5, 5.41) is 4.48. The maximum absolute atomic E-state index is 11.4. The zero-order valence-corrected chi connectivity index (χ0v) is 20.1. The summed E-state index contributed by atoms with van der Waals surface area (Å²) in [4.78, 5) is 18.6. The molecule has 178 valence electrons. The summed E-state index contributed by atoms with van der Waals surface area (Å²) in [6, 6.07) is 7.06. The number of hydrogen-bond donors (Lipinski definition) is 2. The van der Waals surface area contributed by atoms with E-state index in [9.17, 15) is 8.42 Å². The van der Waals surface area contributed by atoms with Crippen molar-refractivity contribution in [1.29, 1.82) is 0 Å². The highest BCUT2D eigenvalue weighted by Gasteiger charge is 2.20. The van der Waals surface area contributed by atoms with Gasteiger partial charge in [0.15, 0.2) is 0 Å². The Kier molecular flexibility index (Phi) is 7.26. The molecule has 10 nitrogen and oxygen atoms in total. The number of hydrazone groups is 1. The van der Waals surface area contributed by atoms with Crippen molar-refractivity contribution in [3.05, 3.63) is 29.8 Å². The van der Waals surface area contributed by atoms with Crippen LogP contribution in [0.25, 0.3) is 0 Å². The van der Waals surface area contributed by atoms with Crippen molar-refractivity contribution in [2.45, 2.75) is 45.4 Å². The number of hydrogen-bond acceptors (Lipinski definition) is 9. The van der Waals surface area contributed by atoms with Gasteiger partial charge in [0, 0.05) is 31.9 Å². The molecule has 2 N–H and O–H groups in total. The van der Waals surface area contributed by atoms with E-state index >= 15 is 0 Å². The summed E-state index contributed by atoms with van der Waals surface area (Å²) in [5.74, 6) is 1.84. The average molecular weight is 473 g/mol. The molecule has 1 aromatic carbocycles. The lowest BCUT2D eigenvalue weighted by Gasteiger charge is -2.30. The molecule has 0 atom stereocenters. The molecule has 0 unspecified atom stereocenters. The van der Waals surface area contributed by atoms with Crippen molar-refractivity contribution >= 4 is 39.3 Å². The number of anilines is 4. The van der Waals surface area contributed by atoms with Crippen molar-refractivity contribution in [3.8, 4) is 0 Å². The lowest BCUT2D eigenvalue weighted by molar-refractivity contribution is 0.556. The van der Waals surface area contributed by atoms with Gasteiger partial charge in [0.05, 0.1) is 12.0 Å². The van der Waals surface area contributed by atoms with Crippen LogP contribution in [0.1, 0.15) is 51.0 Å². The van der Waals surface area contributed by atoms with E-state index in [1.54, 1.807) is 12.1 Å². The summed E-state index contributed by atoms with van der Waals surface area (Å²) in [7, 11) is -3.31. The van der Waals surface area contributed by atoms with E-state index in [0.29, 0.717) is 23.5 Å². The van der Waals surface area contributed by atoms with E-state index in [1.807, 2.05) is 19.1 Å². The number of benzene rings is 1. The topological polar surface area (TPSA) is 116 Å². The smallest absolute Gasteiger partial charge is 0.250 e. The predicted molar refractivity (Wildman–Crippen MR) is 133 cm³/mol. The van der Waals surface area contributed by atoms with Gasteiger partial charge in [-0.1, -0.05) is 12.1 Å². The zero-order valence-electron chi connectivity index (χ0n) is 19.3. The van der Waals surface area contributed by atoms with Gasteiger partial charge in [0.1, 0.15) is 0 Å². The third-order valence-electron chi connectivity index (χ3n) is 5.82. The fourth-order valence-electron chi connectivity index (χ4n) is 4.07. The van der Waals surface area contributed by atoms with E-state index in [-0.39, 0.29) is 0 Å². The average Bonchev–Trinajstić information content (AvgIpc) is 2.83. The lowest BCUT2D eigenvalue weighted by Crippen LogP contribution is -2.34. The highest BCUT2D eigenvalue weighted by Crippen LogP contribution is 2.22. The second-order valence-corrected chi connectivity index (χ2v) is 10.4. The number of nitrogens with zero attached hydrogens (tertiary/aromatic N) is 6. The number of nitrogens with one attached hydrogen (secondary N) is 2. The largest absolute Gasteiger partial charge is 0.341 e. The Hall–Kier alpha value is -2.95. The first kappa shape index (κ1) is 23.2. The van der Waals surface area contributed by atoms with Crippen molar-refractivity contribution in [3.63, 3.8) is 0 Å². The van der Waals surface area contributed by atoms with E-state index < -0.39 is 10.0 Å². The van der Waals surface area contributed by atoms with Gasteiger partial charge >= 0.3 is 0 Å². The molecule has 0 amide bonds. The third-order valence-corrected chi connectivity index (χ3v) is 6.43. The van der Waals surface area contributed by atoms with Crippen LogP contribution in [-0.2, 0) is 10.0 Å². The van der Waals surface area contributed by atoms with Crippen molar-refractivity contribution in [2.24, 2.45) is 5.10 Å². The minimum Gasteiger partial charge on any atom is -0.341 e. The van der Waals surface area contributed by atoms with Crippen LogP contribution in [0.3, 0.4) is 0 Å². The standard InChI is InChI=1S/C22H32N8O2S/c1-17(18-9-11-19(12-10-18)28-33(2,31)32)26-27-20-23-21(29-13-5-3-6-14-29)25-22(24-20)30-15-7-4-8-16-30/h9-12,28H,3-8,13-16H2,1-2H3,(H,23,24,25,27)/b26-17+. The molecule has 11 heteroatoms. The van der Waals surface area contributed by atoms with Crippen LogP contribution in [0.4, 0.5) is 23.5 Å². The lowest BCUT2D eigenvalue weighted by atomic mass is 10.1. The van der Waals surface area contributed by atoms with Crippen LogP contribution >= 0.6 is 0 Å². The van der Waals surface area contributed by atoms with Crippen LogP contribution in [0.5, 0.6) is 0 Å². The molecule has 0 bridgehead atoms. The van der Waals surface area contributed by atoms with Gasteiger partial charge < -0.3 is 9.80 Å². The highest BCUT2D eigenvalue weighted by atomic mass is 32.2. The summed E-state index contributed by atoms with van der Waals surface area (Å²) < 4.78 is 25.2. The molecule has 2 fully saturated rings. The van der Waals surface area contributed by atoms with Crippen LogP contribution in [0, 0.1) is 0 Å². The van der Waals surface area contributed by atoms with Gasteiger partial charge in [-0.25, -0.2) is 13.8 Å². The molecule has 3 heterocycles. The zero-order chi connectivity index (χ0) is 23.3. The second-order valence-electron chi connectivity index (χ2n) is 8.62. The first-order valence-electron chi connectivity index (χ1n) is 11.5. The molecule has 4 rings (SSSR count). The maximum Gasteiger partial charge on any atom is 0.250 e. The Morgan fingerprint density at radius 2 is 1.36 bits per heavy atom. The summed E-state index contributed by atoms with van der Waals surface area (Å²) in [6.45, 7) is 5.71. The SMILES string of the molecule is C/C(=N\Nc1nc(N2CCCCC2)nc(N2CCCCC2)n1)c1ccc(NS(C)(=O)=O)cc1. The number of rotatable bonds is 7. The molecule has 2 aliphatic rings. The summed E-state index contributed by atoms with van der Waals surface area (Å²) in [6.07, 6.45) is 8.21. The Balaban J connectivity index is 1.53. The van der Waals surface area contributed by atoms with Gasteiger partial charge in [-0.3, -0.25) is 4.72 Å². The molecular formula is C22H32N8O2S. The Bertz CT molecular complexity index is 1040. The van der Waals surface area contributed by atoms with Gasteiger partial charge in [-0.05, 0) is 63.1 Å². The predicted octanol–water partition coefficient (Wildman–Crippen LogP) is 3.06. The van der Waals surface area contributed by atoms with Crippen LogP contribution < -0.4 is 19.9 Å². The van der Waals surface area contributed by atoms with E-state index in [0.717, 1.165) is 69.4 Å². The first-order valence-corrected chi connectivity index (χ1v) is 13.4. The highest BCUT2D eigenvalue weighted by molar-refractivity contribution is 7.92. The fraction of sp³-hybridized carbons (Fsp3) is 0.545. The van der Waals surface area contributed by atoms with Gasteiger partial charge in [-0.2, -0.15) is 20.1 Å². The molecular weight excluding hydrogens is 440 g/mol. The molecule has 0 radical (unpaired) electrons. The molecule has 0 aliphatic carbocycles. The van der Waals surface area contributed by atoms with Crippen LogP contribution in [0.15, 0.2) is 29.4 Å². The Labute approximate surface area is 195 Å². The number of piperidine rings is 2. The van der Waals surface area contributed by atoms with Gasteiger partial charge in [0.25, 0.3) is 0 Å². The first-order chi connectivity index (χ1) is 15.9. The molecule has 0 saturated carbocycles. The van der Waals surface area contributed by atoms with Gasteiger partial charge in [-0.15, -0.1) is 0 Å². The number of sulfonamides is 1.